The molecule has 1 atom stereocenters. The first kappa shape index (κ1) is 30.0. The van der Waals surface area contributed by atoms with Gasteiger partial charge in [0.25, 0.3) is 0 Å². The summed E-state index contributed by atoms with van der Waals surface area (Å²) in [5.41, 5.74) is 8.00. The van der Waals surface area contributed by atoms with E-state index in [1.165, 1.54) is 56.4 Å². The molecule has 1 saturated heterocycles. The number of anilines is 2. The molecule has 2 aliphatic rings. The summed E-state index contributed by atoms with van der Waals surface area (Å²) in [6.45, 7) is 6.65. The molecule has 4 N–H and O–H groups in total. The van der Waals surface area contributed by atoms with E-state index >= 15 is 0 Å². The third kappa shape index (κ3) is 8.27. The molecule has 11 heteroatoms. The number of hydrogen-bond acceptors (Lipinski definition) is 6. The highest BCUT2D eigenvalue weighted by molar-refractivity contribution is 7.89. The minimum atomic E-state index is -3.72. The van der Waals surface area contributed by atoms with Gasteiger partial charge in [0.1, 0.15) is 4.90 Å². The monoisotopic (exact) mass is 592 g/mol. The van der Waals surface area contributed by atoms with E-state index in [9.17, 15) is 8.42 Å². The van der Waals surface area contributed by atoms with Crippen LogP contribution in [0.2, 0.25) is 5.02 Å². The topological polar surface area (TPSA) is 98.4 Å². The molecule has 0 radical (unpaired) electrons. The van der Waals surface area contributed by atoms with Gasteiger partial charge in [-0.15, -0.1) is 0 Å². The van der Waals surface area contributed by atoms with Crippen LogP contribution in [0.5, 0.6) is 0 Å². The van der Waals surface area contributed by atoms with Crippen molar-refractivity contribution >= 4 is 50.5 Å². The number of pyridine rings is 1. The van der Waals surface area contributed by atoms with E-state index in [0.717, 1.165) is 37.5 Å². The van der Waals surface area contributed by atoms with Crippen LogP contribution in [0.15, 0.2) is 41.4 Å². The Morgan fingerprint density at radius 1 is 1.13 bits per heavy atom. The zero-order valence-electron chi connectivity index (χ0n) is 22.9. The van der Waals surface area contributed by atoms with Gasteiger partial charge >= 0.3 is 0 Å². The molecule has 1 aliphatic carbocycles. The van der Waals surface area contributed by atoms with Gasteiger partial charge in [-0.2, -0.15) is 0 Å². The molecular formula is C28H41ClN6O2S2. The van der Waals surface area contributed by atoms with E-state index in [2.05, 4.69) is 56.8 Å². The first-order valence-corrected chi connectivity index (χ1v) is 16.4. The number of thiocarbonyl (C=S) groups is 1. The van der Waals surface area contributed by atoms with E-state index in [0.29, 0.717) is 17.6 Å². The number of hydrazine groups is 1. The van der Waals surface area contributed by atoms with Gasteiger partial charge in [-0.1, -0.05) is 50.4 Å². The van der Waals surface area contributed by atoms with Gasteiger partial charge in [-0.3, -0.25) is 15.8 Å². The molecule has 214 valence electrons. The van der Waals surface area contributed by atoms with Crippen LogP contribution in [0.1, 0.15) is 76.7 Å². The number of hydrogen-bond donors (Lipinski definition) is 4. The molecule has 2 fully saturated rings. The lowest BCUT2D eigenvalue weighted by Gasteiger charge is -2.28. The maximum atomic E-state index is 12.8. The number of likely N-dealkylation sites (N-methyl/N-ethyl adjacent to an activating group) is 1. The minimum Gasteiger partial charge on any atom is -0.331 e. The highest BCUT2D eigenvalue weighted by Gasteiger charge is 2.26. The quantitative estimate of drug-likeness (QED) is 0.190. The summed E-state index contributed by atoms with van der Waals surface area (Å²) >= 11 is 11.7. The van der Waals surface area contributed by atoms with Crippen LogP contribution >= 0.6 is 23.8 Å². The highest BCUT2D eigenvalue weighted by Crippen LogP contribution is 2.37. The molecule has 1 saturated carbocycles. The van der Waals surface area contributed by atoms with Gasteiger partial charge in [0.15, 0.2) is 10.9 Å². The van der Waals surface area contributed by atoms with Crippen molar-refractivity contribution in [1.82, 2.24) is 20.0 Å². The normalized spacial score (nSPS) is 22.0. The molecule has 2 aromatic rings. The maximum absolute atomic E-state index is 12.8. The number of halogens is 1. The van der Waals surface area contributed by atoms with Crippen molar-refractivity contribution in [2.45, 2.75) is 82.1 Å². The molecular weight excluding hydrogens is 552 g/mol. The lowest BCUT2D eigenvalue weighted by molar-refractivity contribution is 0.268. The van der Waals surface area contributed by atoms with Crippen molar-refractivity contribution in [3.8, 4) is 0 Å². The molecule has 1 aromatic heterocycles. The Balaban J connectivity index is 1.25. The van der Waals surface area contributed by atoms with E-state index < -0.39 is 10.0 Å². The smallest absolute Gasteiger partial charge is 0.242 e. The number of rotatable bonds is 11. The van der Waals surface area contributed by atoms with E-state index in [-0.39, 0.29) is 21.8 Å². The summed E-state index contributed by atoms with van der Waals surface area (Å²) in [7, 11) is -3.72. The summed E-state index contributed by atoms with van der Waals surface area (Å²) in [5.74, 6) is 1.82. The van der Waals surface area contributed by atoms with Gasteiger partial charge in [-0.05, 0) is 99.4 Å². The van der Waals surface area contributed by atoms with Crippen molar-refractivity contribution in [3.63, 3.8) is 0 Å². The Labute approximate surface area is 243 Å². The van der Waals surface area contributed by atoms with Crippen molar-refractivity contribution in [2.75, 3.05) is 30.4 Å². The van der Waals surface area contributed by atoms with Crippen LogP contribution < -0.4 is 20.9 Å². The Morgan fingerprint density at radius 3 is 2.54 bits per heavy atom. The van der Waals surface area contributed by atoms with Crippen molar-refractivity contribution in [2.24, 2.45) is 5.92 Å². The van der Waals surface area contributed by atoms with E-state index in [1.54, 1.807) is 0 Å². The highest BCUT2D eigenvalue weighted by atomic mass is 35.5. The summed E-state index contributed by atoms with van der Waals surface area (Å²) in [6.07, 6.45) is 11.2. The second-order valence-electron chi connectivity index (χ2n) is 10.6. The largest absolute Gasteiger partial charge is 0.331 e. The first-order chi connectivity index (χ1) is 18.8. The second kappa shape index (κ2) is 14.1. The summed E-state index contributed by atoms with van der Waals surface area (Å²) in [6, 6.07) is 10.1. The predicted octanol–water partition coefficient (Wildman–Crippen LogP) is 5.89. The number of nitrogens with zero attached hydrogens (tertiary/aromatic N) is 2. The molecule has 0 amide bonds. The van der Waals surface area contributed by atoms with Crippen molar-refractivity contribution < 1.29 is 8.42 Å². The second-order valence-corrected chi connectivity index (χ2v) is 13.2. The number of sulfonamides is 1. The Morgan fingerprint density at radius 2 is 1.87 bits per heavy atom. The summed E-state index contributed by atoms with van der Waals surface area (Å²) in [5, 5.41) is 3.66. The van der Waals surface area contributed by atoms with Crippen molar-refractivity contribution in [1.29, 1.82) is 0 Å². The molecule has 1 unspecified atom stereocenters. The lowest BCUT2D eigenvalue weighted by atomic mass is 9.77. The summed E-state index contributed by atoms with van der Waals surface area (Å²) in [4.78, 5) is 6.51. The SMILES string of the molecule is CCCC1CCC(c2ccc(NC(=S)NNc3ncc(S(=O)(=O)NCC4CCCN4CC)cc3Cl)cc2)CC1. The van der Waals surface area contributed by atoms with Crippen LogP contribution in [0.25, 0.3) is 0 Å². The van der Waals surface area contributed by atoms with Gasteiger partial charge in [0.05, 0.1) is 5.02 Å². The Hall–Kier alpha value is -1.98. The van der Waals surface area contributed by atoms with Crippen LogP contribution in [-0.4, -0.2) is 49.1 Å². The number of benzene rings is 1. The van der Waals surface area contributed by atoms with Crippen LogP contribution in [0.4, 0.5) is 11.5 Å². The molecule has 1 aromatic carbocycles. The Bertz CT molecular complexity index is 1200. The lowest BCUT2D eigenvalue weighted by Crippen LogP contribution is -2.40. The zero-order valence-corrected chi connectivity index (χ0v) is 25.3. The van der Waals surface area contributed by atoms with Crippen LogP contribution in [0, 0.1) is 5.92 Å². The fraction of sp³-hybridized carbons (Fsp3) is 0.571. The third-order valence-electron chi connectivity index (χ3n) is 8.02. The van der Waals surface area contributed by atoms with Gasteiger partial charge < -0.3 is 5.32 Å². The zero-order chi connectivity index (χ0) is 27.8. The maximum Gasteiger partial charge on any atom is 0.242 e. The standard InChI is InChI=1S/C28H41ClN6O2S2/c1-3-6-20-8-10-21(11-9-20)22-12-14-23(15-13-22)32-28(38)34-33-27-26(29)17-25(19-30-27)39(36,37)31-18-24-7-5-16-35(24)4-2/h12-15,17,19-21,24,31H,3-11,16,18H2,1-2H3,(H,30,33)(H2,32,34,38). The van der Waals surface area contributed by atoms with Gasteiger partial charge in [0.2, 0.25) is 10.0 Å². The third-order valence-corrected chi connectivity index (χ3v) is 9.90. The number of nitrogens with one attached hydrogen (secondary N) is 4. The molecule has 39 heavy (non-hydrogen) atoms. The van der Waals surface area contributed by atoms with Crippen molar-refractivity contribution in [3.05, 3.63) is 47.1 Å². The average molecular weight is 593 g/mol. The van der Waals surface area contributed by atoms with Crippen LogP contribution in [-0.2, 0) is 10.0 Å². The number of likely N-dealkylation sites (tertiary alicyclic amines) is 1. The van der Waals surface area contributed by atoms with E-state index in [1.807, 2.05) is 12.1 Å². The van der Waals surface area contributed by atoms with Gasteiger partial charge in [0, 0.05) is 24.5 Å². The fourth-order valence-corrected chi connectivity index (χ4v) is 7.29. The van der Waals surface area contributed by atoms with Gasteiger partial charge in [-0.25, -0.2) is 18.1 Å². The molecule has 8 nitrogen and oxygen atoms in total. The average Bonchev–Trinajstić information content (AvgIpc) is 3.40. The first-order valence-electron chi connectivity index (χ1n) is 14.1. The number of aromatic nitrogens is 1. The van der Waals surface area contributed by atoms with E-state index in [4.69, 9.17) is 23.8 Å². The molecule has 0 spiro atoms. The molecule has 4 rings (SSSR count). The molecule has 1 aliphatic heterocycles. The minimum absolute atomic E-state index is 0.0266. The fourth-order valence-electron chi connectivity index (χ4n) is 5.80. The summed E-state index contributed by atoms with van der Waals surface area (Å²) < 4.78 is 28.3. The molecule has 0 bridgehead atoms. The van der Waals surface area contributed by atoms with Crippen LogP contribution in [0.3, 0.4) is 0 Å². The Kier molecular flexibility index (Phi) is 10.8. The molecule has 2 heterocycles. The predicted molar refractivity (Wildman–Crippen MR) is 164 cm³/mol.